The quantitative estimate of drug-likeness (QED) is 0.0189. The van der Waals surface area contributed by atoms with Crippen molar-refractivity contribution in [3.63, 3.8) is 0 Å². The average molecular weight is 1520 g/mol. The normalized spacial score (nSPS) is 22.8. The van der Waals surface area contributed by atoms with Crippen LogP contribution in [0.15, 0.2) is 30.5 Å². The van der Waals surface area contributed by atoms with Crippen molar-refractivity contribution < 1.29 is 131 Å². The van der Waals surface area contributed by atoms with Gasteiger partial charge in [-0.05, 0) is 69.5 Å². The van der Waals surface area contributed by atoms with Crippen LogP contribution < -0.4 is 86.3 Å². The molecule has 1 aliphatic rings. The number of methoxy groups -OCH3 is 1. The Bertz CT molecular complexity index is 3630. The summed E-state index contributed by atoms with van der Waals surface area (Å²) in [6.07, 6.45) is -10.9. The number of carboxylic acids is 4. The number of hydrogen-bond acceptors (Lipinski definition) is 24. The molecule has 3 rings (SSSR count). The lowest BCUT2D eigenvalue weighted by Crippen LogP contribution is -2.64. The minimum atomic E-state index is -2.80. The number of carbonyl (C=O) groups excluding carboxylic acids is 16. The second kappa shape index (κ2) is 43.3. The van der Waals surface area contributed by atoms with Crippen LogP contribution in [0, 0.1) is 11.8 Å². The van der Waals surface area contributed by atoms with E-state index in [-0.39, 0.29) is 45.1 Å². The molecule has 0 spiro atoms. The Labute approximate surface area is 608 Å². The summed E-state index contributed by atoms with van der Waals surface area (Å²) in [4.78, 5) is 272. The van der Waals surface area contributed by atoms with Gasteiger partial charge >= 0.3 is 29.8 Å². The van der Waals surface area contributed by atoms with Crippen LogP contribution in [-0.4, -0.2) is 261 Å². The lowest BCUT2D eigenvalue weighted by molar-refractivity contribution is -0.158. The number of hydrogen-bond donors (Lipinski definition) is 22. The number of ether oxygens (including phenoxy) is 2. The number of primary amides is 2. The zero-order chi connectivity index (χ0) is 80.7. The van der Waals surface area contributed by atoms with Crippen LogP contribution in [0.25, 0.3) is 10.9 Å². The first-order valence-corrected chi connectivity index (χ1v) is 33.2. The highest BCUT2D eigenvalue weighted by molar-refractivity contribution is 6.02. The zero-order valence-corrected chi connectivity index (χ0v) is 58.8. The Morgan fingerprint density at radius 3 is 1.81 bits per heavy atom. The summed E-state index contributed by atoms with van der Waals surface area (Å²) < 4.78 is 10.6. The van der Waals surface area contributed by atoms with Crippen molar-refractivity contribution in [2.75, 3.05) is 26.7 Å². The first-order valence-electron chi connectivity index (χ1n) is 33.2. The van der Waals surface area contributed by atoms with E-state index in [9.17, 15) is 121 Å². The van der Waals surface area contributed by atoms with Crippen molar-refractivity contribution in [2.45, 2.75) is 184 Å². The van der Waals surface area contributed by atoms with Gasteiger partial charge in [0.05, 0.1) is 32.4 Å². The van der Waals surface area contributed by atoms with Crippen LogP contribution in [0.3, 0.4) is 0 Å². The van der Waals surface area contributed by atoms with Crippen molar-refractivity contribution in [1.82, 2.24) is 74.1 Å². The highest BCUT2D eigenvalue weighted by atomic mass is 16.5. The Morgan fingerprint density at radius 2 is 1.23 bits per heavy atom. The number of cyclic esters (lactones) is 1. The summed E-state index contributed by atoms with van der Waals surface area (Å²) in [5.74, 6) is -30.8. The number of benzene rings is 1. The molecule has 1 aromatic heterocycles. The largest absolute Gasteiger partial charge is 0.481 e. The van der Waals surface area contributed by atoms with Crippen LogP contribution >= 0.6 is 0 Å². The fraction of sp³-hybridized carbons (Fsp3) is 0.556. The number of nitrogens with two attached hydrogens (primary N) is 3. The lowest BCUT2D eigenvalue weighted by atomic mass is 9.94. The van der Waals surface area contributed by atoms with Crippen molar-refractivity contribution in [3.05, 3.63) is 36.0 Å². The molecular weight excluding hydrogens is 1430 g/mol. The molecule has 1 fully saturated rings. The van der Waals surface area contributed by atoms with Crippen LogP contribution in [0.2, 0.25) is 0 Å². The number of aliphatic hydroxyl groups excluding tert-OH is 1. The average Bonchev–Trinajstić information content (AvgIpc) is 1.78. The number of aromatic nitrogens is 1. The third-order valence-corrected chi connectivity index (χ3v) is 16.6. The number of unbranched alkanes of at least 4 members (excludes halogenated alkanes) is 1. The highest BCUT2D eigenvalue weighted by Crippen LogP contribution is 2.21. The van der Waals surface area contributed by atoms with E-state index < -0.39 is 254 Å². The fourth-order valence-electron chi connectivity index (χ4n) is 10.5. The molecule has 0 radical (unpaired) electrons. The van der Waals surface area contributed by atoms with Gasteiger partial charge in [-0.1, -0.05) is 45.4 Å². The number of esters is 1. The summed E-state index contributed by atoms with van der Waals surface area (Å²) in [6.45, 7) is 3.43. The summed E-state index contributed by atoms with van der Waals surface area (Å²) in [5, 5.41) is 78.9. The summed E-state index contributed by atoms with van der Waals surface area (Å²) in [7, 11) is 0.797. The fourth-order valence-corrected chi connectivity index (χ4v) is 10.5. The van der Waals surface area contributed by atoms with Gasteiger partial charge in [-0.15, -0.1) is 0 Å². The number of carbonyl (C=O) groups is 20. The number of nitrogens with one attached hydrogen (secondary N) is 14. The molecule has 16 atom stereocenters. The van der Waals surface area contributed by atoms with Gasteiger partial charge in [0.2, 0.25) is 89.1 Å². The molecule has 590 valence electrons. The lowest BCUT2D eigenvalue weighted by Gasteiger charge is -2.32. The van der Waals surface area contributed by atoms with Gasteiger partial charge in [-0.2, -0.15) is 0 Å². The predicted octanol–water partition coefficient (Wildman–Crippen LogP) is -9.68. The van der Waals surface area contributed by atoms with Gasteiger partial charge in [0.15, 0.2) is 12.2 Å². The molecule has 0 aliphatic carbocycles. The van der Waals surface area contributed by atoms with Crippen molar-refractivity contribution in [3.8, 4) is 0 Å². The first kappa shape index (κ1) is 89.3. The number of rotatable bonds is 31. The summed E-state index contributed by atoms with van der Waals surface area (Å²) in [5.41, 5.74) is 17.6. The van der Waals surface area contributed by atoms with Gasteiger partial charge in [-0.3, -0.25) is 86.3 Å². The molecule has 2 heterocycles. The molecule has 107 heavy (non-hydrogen) atoms. The van der Waals surface area contributed by atoms with E-state index in [2.05, 4.69) is 58.2 Å². The molecule has 44 heteroatoms. The van der Waals surface area contributed by atoms with E-state index in [0.717, 1.165) is 27.9 Å². The second-order valence-electron chi connectivity index (χ2n) is 24.8. The number of para-hydroxylation sites is 1. The van der Waals surface area contributed by atoms with Crippen LogP contribution in [0.4, 0.5) is 0 Å². The van der Waals surface area contributed by atoms with E-state index in [1.165, 1.54) is 20.0 Å². The molecular formula is C63H91N17O27. The minimum Gasteiger partial charge on any atom is -0.481 e. The number of aliphatic hydroxyl groups is 1. The molecule has 15 amide bonds. The van der Waals surface area contributed by atoms with Crippen molar-refractivity contribution in [1.29, 1.82) is 0 Å². The SMILES string of the molecule is CCC(C)C1NC(=O)C(C(C)CC(=O)O)NC(=O)C(CC(N)=O)NC(=O)CNC(=O)C(C(OC)C(=O)O)NC(=O)C(CCCCN)NC(=O)C(CC(=O)O)NC(=O)C(C)NC(=O)CNC(=O)C(NC(=O)C(NC(=O)C(CCC(=O)O)NC(=O)C(Cc2c[nH]c3ccccc23)NC=O)C(O)C(N)=O)C(C)OC1=O. The number of fused-ring (bicyclic) bond motifs is 1. The van der Waals surface area contributed by atoms with Crippen molar-refractivity contribution in [2.24, 2.45) is 29.0 Å². The molecule has 44 nitrogen and oxygen atoms in total. The topological polar surface area (TPSA) is 711 Å². The molecule has 1 aromatic carbocycles. The number of carboxylic acid groups (broad SMARTS) is 4. The van der Waals surface area contributed by atoms with E-state index in [0.29, 0.717) is 16.5 Å². The van der Waals surface area contributed by atoms with Gasteiger partial charge in [0, 0.05) is 37.1 Å². The van der Waals surface area contributed by atoms with Crippen LogP contribution in [-0.2, 0) is 112 Å². The van der Waals surface area contributed by atoms with E-state index in [1.54, 1.807) is 24.3 Å². The molecule has 1 saturated heterocycles. The van der Waals surface area contributed by atoms with Crippen molar-refractivity contribution >= 4 is 130 Å². The Balaban J connectivity index is 2.27. The van der Waals surface area contributed by atoms with Crippen LogP contribution in [0.1, 0.15) is 98.0 Å². The van der Waals surface area contributed by atoms with Gasteiger partial charge < -0.3 is 126 Å². The Hall–Kier alpha value is -12.0. The van der Waals surface area contributed by atoms with Crippen LogP contribution in [0.5, 0.6) is 0 Å². The Kier molecular flexibility index (Phi) is 36.2. The molecule has 16 unspecified atom stereocenters. The maximum absolute atomic E-state index is 14.6. The number of amides is 15. The standard InChI is InChI=1S/C63H91N17O27/c1-7-26(2)45-63(105)107-29(5)46(78-61(102)47(49(91)51(66)92)79-54(95)34(15-16-41(85)86)74-55(96)35(70-25-81)19-30-22-67-32-13-9-8-12-31(30)32)58(99)68-23-39(83)71-28(4)52(93)75-37(21-43(89)90)56(97)73-33(14-10-11-17-64)53(94)80-48(50(106-6)62(103)104)59(100)69-24-40(84)72-36(20-38(65)82)57(98)76-44(60(101)77-45)27(3)18-42(87)88/h8-9,12-13,22,25-29,33-37,44-50,67,91H,7,10-11,14-21,23-24,64H2,1-6H3,(H2,65,82)(H2,66,92)(H,68,99)(H,69,100)(H,70,81)(H,71,83)(H,72,84)(H,73,97)(H,74,96)(H,75,93)(H,76,98)(H,77,101)(H,78,102)(H,79,95)(H,80,94)(H,85,86)(H,87,88)(H,89,90)(H,103,104). The molecule has 25 N–H and O–H groups in total. The van der Waals surface area contributed by atoms with Gasteiger partial charge in [-0.25, -0.2) is 9.59 Å². The van der Waals surface area contributed by atoms with Gasteiger partial charge in [0.1, 0.15) is 72.6 Å². The number of aromatic amines is 1. The second-order valence-corrected chi connectivity index (χ2v) is 24.8. The zero-order valence-electron chi connectivity index (χ0n) is 58.8. The molecule has 1 aliphatic heterocycles. The Morgan fingerprint density at radius 1 is 0.654 bits per heavy atom. The first-order chi connectivity index (χ1) is 50.3. The summed E-state index contributed by atoms with van der Waals surface area (Å²) in [6, 6.07) is -15.9. The highest BCUT2D eigenvalue weighted by Gasteiger charge is 2.43. The molecule has 0 bridgehead atoms. The third kappa shape index (κ3) is 28.6. The number of H-pyrrole nitrogens is 1. The maximum atomic E-state index is 14.6. The number of aliphatic carboxylic acids is 4. The smallest absolute Gasteiger partial charge is 0.335 e. The van der Waals surface area contributed by atoms with E-state index >= 15 is 0 Å². The van der Waals surface area contributed by atoms with E-state index in [1.807, 2.05) is 16.0 Å². The summed E-state index contributed by atoms with van der Waals surface area (Å²) >= 11 is 0. The maximum Gasteiger partial charge on any atom is 0.335 e. The van der Waals surface area contributed by atoms with Gasteiger partial charge in [0.25, 0.3) is 0 Å². The predicted molar refractivity (Wildman–Crippen MR) is 362 cm³/mol. The monoisotopic (exact) mass is 1520 g/mol. The third-order valence-electron chi connectivity index (χ3n) is 16.6. The minimum absolute atomic E-state index is 0.00411. The molecule has 2 aromatic rings. The van der Waals surface area contributed by atoms with E-state index in [4.69, 9.17) is 26.7 Å². The molecule has 0 saturated carbocycles.